The van der Waals surface area contributed by atoms with Crippen molar-refractivity contribution in [1.82, 2.24) is 4.90 Å². The van der Waals surface area contributed by atoms with Gasteiger partial charge in [0, 0.05) is 34.2 Å². The van der Waals surface area contributed by atoms with E-state index in [4.69, 9.17) is 4.42 Å². The molecule has 0 saturated carbocycles. The molecule has 2 aromatic rings. The zero-order chi connectivity index (χ0) is 17.1. The zero-order valence-corrected chi connectivity index (χ0v) is 14.8. The second-order valence-electron chi connectivity index (χ2n) is 6.06. The molecule has 1 saturated heterocycles. The van der Waals surface area contributed by atoms with Gasteiger partial charge in [0.1, 0.15) is 11.5 Å². The molecule has 3 rings (SSSR count). The molecule has 128 valence electrons. The summed E-state index contributed by atoms with van der Waals surface area (Å²) in [6.07, 6.45) is 4.63. The number of amides is 2. The summed E-state index contributed by atoms with van der Waals surface area (Å²) >= 11 is 0. The number of carbonyl (C=O) groups excluding carboxylic acids is 1. The summed E-state index contributed by atoms with van der Waals surface area (Å²) in [5.74, 6) is 1.71. The van der Waals surface area contributed by atoms with E-state index in [0.29, 0.717) is 12.2 Å². The number of nitrogens with one attached hydrogen (secondary N) is 1. The topological polar surface area (TPSA) is 62.6 Å². The normalized spacial score (nSPS) is 19.1. The van der Waals surface area contributed by atoms with Crippen LogP contribution in [0.1, 0.15) is 36.8 Å². The first kappa shape index (κ1) is 16.8. The van der Waals surface area contributed by atoms with Crippen LogP contribution in [0.15, 0.2) is 45.7 Å². The summed E-state index contributed by atoms with van der Waals surface area (Å²) in [5.41, 5.74) is 0.703. The predicted octanol–water partition coefficient (Wildman–Crippen LogP) is 4.08. The van der Waals surface area contributed by atoms with Crippen LogP contribution >= 0.6 is 0 Å². The van der Waals surface area contributed by atoms with Crippen LogP contribution in [0.4, 0.5) is 10.5 Å². The van der Waals surface area contributed by atoms with E-state index in [1.807, 2.05) is 24.0 Å². The standard InChI is InChI=1S/C18H22N2O3S/c1-13-6-11-17(23-13)16-5-3-4-12-20(16)18(21)19-14-7-9-15(10-8-14)24(2)22/h6-11,16H,3-5,12H2,1-2H3,(H,19,21)/t16-,24+/m0/s1. The number of benzene rings is 1. The third-order valence-electron chi connectivity index (χ3n) is 4.29. The first-order valence-corrected chi connectivity index (χ1v) is 9.68. The smallest absolute Gasteiger partial charge is 0.322 e. The third-order valence-corrected chi connectivity index (χ3v) is 5.23. The lowest BCUT2D eigenvalue weighted by molar-refractivity contribution is 0.150. The average molecular weight is 346 g/mol. The molecule has 5 nitrogen and oxygen atoms in total. The molecule has 6 heteroatoms. The highest BCUT2D eigenvalue weighted by molar-refractivity contribution is 7.84. The Kier molecular flexibility index (Phi) is 5.04. The Labute approximate surface area is 144 Å². The van der Waals surface area contributed by atoms with Crippen LogP contribution < -0.4 is 5.32 Å². The van der Waals surface area contributed by atoms with Crippen molar-refractivity contribution in [2.45, 2.75) is 37.1 Å². The van der Waals surface area contributed by atoms with Crippen molar-refractivity contribution in [2.24, 2.45) is 0 Å². The molecule has 0 unspecified atom stereocenters. The molecule has 2 atom stereocenters. The molecular weight excluding hydrogens is 324 g/mol. The number of urea groups is 1. The molecule has 1 N–H and O–H groups in total. The molecule has 1 fully saturated rings. The van der Waals surface area contributed by atoms with Gasteiger partial charge in [-0.1, -0.05) is 0 Å². The van der Waals surface area contributed by atoms with Gasteiger partial charge in [-0.15, -0.1) is 0 Å². The number of anilines is 1. The molecular formula is C18H22N2O3S. The van der Waals surface area contributed by atoms with E-state index < -0.39 is 10.8 Å². The van der Waals surface area contributed by atoms with E-state index >= 15 is 0 Å². The number of hydrogen-bond donors (Lipinski definition) is 1. The SMILES string of the molecule is Cc1ccc([C@@H]2CCCCN2C(=O)Nc2ccc([S@@](C)=O)cc2)o1. The average Bonchev–Trinajstić information content (AvgIpc) is 3.01. The van der Waals surface area contributed by atoms with E-state index in [0.717, 1.165) is 35.7 Å². The van der Waals surface area contributed by atoms with Gasteiger partial charge in [0.15, 0.2) is 0 Å². The molecule has 0 aliphatic carbocycles. The maximum Gasteiger partial charge on any atom is 0.322 e. The predicted molar refractivity (Wildman–Crippen MR) is 94.5 cm³/mol. The van der Waals surface area contributed by atoms with Crippen LogP contribution in [0, 0.1) is 6.92 Å². The minimum Gasteiger partial charge on any atom is -0.464 e. The van der Waals surface area contributed by atoms with Crippen molar-refractivity contribution in [2.75, 3.05) is 18.1 Å². The summed E-state index contributed by atoms with van der Waals surface area (Å²) in [6, 6.07) is 10.9. The summed E-state index contributed by atoms with van der Waals surface area (Å²) in [7, 11) is -1.02. The second kappa shape index (κ2) is 7.21. The van der Waals surface area contributed by atoms with Gasteiger partial charge in [0.25, 0.3) is 0 Å². The van der Waals surface area contributed by atoms with E-state index in [1.54, 1.807) is 30.5 Å². The molecule has 2 amide bonds. The fourth-order valence-corrected chi connectivity index (χ4v) is 3.55. The number of carbonyl (C=O) groups is 1. The second-order valence-corrected chi connectivity index (χ2v) is 7.44. The molecule has 0 bridgehead atoms. The van der Waals surface area contributed by atoms with Crippen LogP contribution in [-0.2, 0) is 10.8 Å². The monoisotopic (exact) mass is 346 g/mol. The molecule has 1 aromatic heterocycles. The summed E-state index contributed by atoms with van der Waals surface area (Å²) in [4.78, 5) is 15.3. The molecule has 1 aromatic carbocycles. The minimum atomic E-state index is -1.02. The van der Waals surface area contributed by atoms with Crippen molar-refractivity contribution in [1.29, 1.82) is 0 Å². The van der Waals surface area contributed by atoms with Crippen LogP contribution in [-0.4, -0.2) is 27.9 Å². The van der Waals surface area contributed by atoms with Crippen molar-refractivity contribution in [3.8, 4) is 0 Å². The lowest BCUT2D eigenvalue weighted by Crippen LogP contribution is -2.41. The number of hydrogen-bond acceptors (Lipinski definition) is 3. The largest absolute Gasteiger partial charge is 0.464 e. The van der Waals surface area contributed by atoms with Crippen LogP contribution in [0.2, 0.25) is 0 Å². The fourth-order valence-electron chi connectivity index (χ4n) is 3.03. The summed E-state index contributed by atoms with van der Waals surface area (Å²) in [5, 5.41) is 2.93. The van der Waals surface area contributed by atoms with Crippen LogP contribution in [0.25, 0.3) is 0 Å². The van der Waals surface area contributed by atoms with Crippen molar-refractivity contribution in [3.05, 3.63) is 47.9 Å². The fraction of sp³-hybridized carbons (Fsp3) is 0.389. The zero-order valence-electron chi connectivity index (χ0n) is 14.0. The maximum absolute atomic E-state index is 12.7. The number of likely N-dealkylation sites (tertiary alicyclic amines) is 1. The van der Waals surface area contributed by atoms with Crippen LogP contribution in [0.5, 0.6) is 0 Å². The first-order chi connectivity index (χ1) is 11.5. The van der Waals surface area contributed by atoms with E-state index in [9.17, 15) is 9.00 Å². The summed E-state index contributed by atoms with van der Waals surface area (Å²) < 4.78 is 17.2. The Balaban J connectivity index is 1.73. The molecule has 0 radical (unpaired) electrons. The Morgan fingerprint density at radius 2 is 1.96 bits per heavy atom. The van der Waals surface area contributed by atoms with Gasteiger partial charge in [-0.3, -0.25) is 4.21 Å². The van der Waals surface area contributed by atoms with Gasteiger partial charge in [-0.05, 0) is 62.6 Å². The molecule has 1 aliphatic rings. The maximum atomic E-state index is 12.7. The molecule has 1 aliphatic heterocycles. The third kappa shape index (κ3) is 3.70. The number of furan rings is 1. The van der Waals surface area contributed by atoms with Crippen LogP contribution in [0.3, 0.4) is 0 Å². The number of aryl methyl sites for hydroxylation is 1. The van der Waals surface area contributed by atoms with Gasteiger partial charge in [-0.2, -0.15) is 0 Å². The van der Waals surface area contributed by atoms with Gasteiger partial charge >= 0.3 is 6.03 Å². The lowest BCUT2D eigenvalue weighted by Gasteiger charge is -2.34. The van der Waals surface area contributed by atoms with E-state index in [2.05, 4.69) is 5.32 Å². The number of nitrogens with zero attached hydrogens (tertiary/aromatic N) is 1. The Morgan fingerprint density at radius 1 is 1.21 bits per heavy atom. The number of piperidine rings is 1. The van der Waals surface area contributed by atoms with Crippen molar-refractivity contribution >= 4 is 22.5 Å². The molecule has 0 spiro atoms. The van der Waals surface area contributed by atoms with Gasteiger partial charge in [0.2, 0.25) is 0 Å². The highest BCUT2D eigenvalue weighted by Crippen LogP contribution is 2.32. The highest BCUT2D eigenvalue weighted by Gasteiger charge is 2.30. The number of rotatable bonds is 3. The van der Waals surface area contributed by atoms with Crippen molar-refractivity contribution < 1.29 is 13.4 Å². The Bertz CT molecular complexity index is 739. The van der Waals surface area contributed by atoms with E-state index in [-0.39, 0.29) is 12.1 Å². The first-order valence-electron chi connectivity index (χ1n) is 8.12. The molecule has 2 heterocycles. The quantitative estimate of drug-likeness (QED) is 0.911. The lowest BCUT2D eigenvalue weighted by atomic mass is 10.0. The minimum absolute atomic E-state index is 0.0186. The Morgan fingerprint density at radius 3 is 2.58 bits per heavy atom. The van der Waals surface area contributed by atoms with Crippen molar-refractivity contribution in [3.63, 3.8) is 0 Å². The van der Waals surface area contributed by atoms with Gasteiger partial charge in [0.05, 0.1) is 6.04 Å². The Hall–Kier alpha value is -2.08. The molecule has 24 heavy (non-hydrogen) atoms. The van der Waals surface area contributed by atoms with Gasteiger partial charge in [-0.25, -0.2) is 4.79 Å². The van der Waals surface area contributed by atoms with E-state index in [1.165, 1.54) is 0 Å². The van der Waals surface area contributed by atoms with Gasteiger partial charge < -0.3 is 14.6 Å². The highest BCUT2D eigenvalue weighted by atomic mass is 32.2. The summed E-state index contributed by atoms with van der Waals surface area (Å²) in [6.45, 7) is 2.63.